The van der Waals surface area contributed by atoms with Crippen LogP contribution in [0.25, 0.3) is 0 Å². The lowest BCUT2D eigenvalue weighted by Gasteiger charge is -2.08. The molecule has 0 aliphatic heterocycles. The zero-order chi connectivity index (χ0) is 15.6. The van der Waals surface area contributed by atoms with E-state index in [0.717, 1.165) is 17.4 Å². The van der Waals surface area contributed by atoms with Gasteiger partial charge in [-0.2, -0.15) is 0 Å². The van der Waals surface area contributed by atoms with Gasteiger partial charge in [-0.05, 0) is 45.6 Å². The third-order valence-corrected chi connectivity index (χ3v) is 5.38. The van der Waals surface area contributed by atoms with Gasteiger partial charge in [0.1, 0.15) is 10.7 Å². The standard InChI is InChI=1S/C12H9BrFNO4S2/c1-19-12(16)11-10(4-5-20-11)15-21(17,18)7-2-3-8(13)9(14)6-7/h2-6,15H,1H3. The smallest absolute Gasteiger partial charge is 0.350 e. The van der Waals surface area contributed by atoms with E-state index in [1.54, 1.807) is 5.38 Å². The van der Waals surface area contributed by atoms with Gasteiger partial charge < -0.3 is 4.74 Å². The molecule has 1 N–H and O–H groups in total. The molecule has 1 heterocycles. The van der Waals surface area contributed by atoms with Crippen LogP contribution in [0.5, 0.6) is 0 Å². The van der Waals surface area contributed by atoms with Crippen molar-refractivity contribution < 1.29 is 22.3 Å². The molecule has 2 aromatic rings. The van der Waals surface area contributed by atoms with Crippen LogP contribution in [0.3, 0.4) is 0 Å². The molecule has 1 aromatic heterocycles. The molecule has 5 nitrogen and oxygen atoms in total. The van der Waals surface area contributed by atoms with Crippen LogP contribution in [0.15, 0.2) is 39.0 Å². The number of benzene rings is 1. The molecule has 0 atom stereocenters. The summed E-state index contributed by atoms with van der Waals surface area (Å²) < 4.78 is 44.8. The molecule has 0 amide bonds. The third kappa shape index (κ3) is 3.42. The lowest BCUT2D eigenvalue weighted by atomic mass is 10.3. The number of carbonyl (C=O) groups is 1. The van der Waals surface area contributed by atoms with Crippen molar-refractivity contribution in [3.05, 3.63) is 44.8 Å². The number of rotatable bonds is 4. The Balaban J connectivity index is 2.36. The summed E-state index contributed by atoms with van der Waals surface area (Å²) >= 11 is 3.99. The number of hydrogen-bond acceptors (Lipinski definition) is 5. The molecule has 9 heteroatoms. The van der Waals surface area contributed by atoms with Gasteiger partial charge in [0.2, 0.25) is 0 Å². The minimum absolute atomic E-state index is 0.0928. The highest BCUT2D eigenvalue weighted by Crippen LogP contribution is 2.27. The Morgan fingerprint density at radius 3 is 2.71 bits per heavy atom. The van der Waals surface area contributed by atoms with Crippen molar-refractivity contribution in [2.45, 2.75) is 4.90 Å². The largest absolute Gasteiger partial charge is 0.465 e. The van der Waals surface area contributed by atoms with Crippen LogP contribution in [-0.4, -0.2) is 21.5 Å². The molecule has 0 aliphatic carbocycles. The number of carbonyl (C=O) groups excluding carboxylic acids is 1. The normalized spacial score (nSPS) is 11.2. The number of hydrogen-bond donors (Lipinski definition) is 1. The molecule has 0 unspecified atom stereocenters. The summed E-state index contributed by atoms with van der Waals surface area (Å²) in [5, 5.41) is 1.55. The molecule has 0 saturated heterocycles. The maximum atomic E-state index is 13.4. The summed E-state index contributed by atoms with van der Waals surface area (Å²) in [5.74, 6) is -1.35. The van der Waals surface area contributed by atoms with Gasteiger partial charge in [0.25, 0.3) is 10.0 Å². The Kier molecular flexibility index (Phi) is 4.64. The summed E-state index contributed by atoms with van der Waals surface area (Å²) in [6.45, 7) is 0. The minimum atomic E-state index is -4.00. The van der Waals surface area contributed by atoms with Crippen molar-refractivity contribution in [3.63, 3.8) is 0 Å². The molecule has 1 aromatic carbocycles. The first kappa shape index (κ1) is 15.9. The van der Waals surface area contributed by atoms with Crippen LogP contribution in [0, 0.1) is 5.82 Å². The zero-order valence-electron chi connectivity index (χ0n) is 10.6. The number of thiophene rings is 1. The van der Waals surface area contributed by atoms with Crippen LogP contribution >= 0.6 is 27.3 Å². The highest BCUT2D eigenvalue weighted by Gasteiger charge is 2.21. The zero-order valence-corrected chi connectivity index (χ0v) is 13.8. The van der Waals surface area contributed by atoms with E-state index < -0.39 is 21.8 Å². The molecule has 0 spiro atoms. The summed E-state index contributed by atoms with van der Waals surface area (Å²) in [6, 6.07) is 4.86. The van der Waals surface area contributed by atoms with E-state index in [1.165, 1.54) is 25.3 Å². The monoisotopic (exact) mass is 393 g/mol. The molecule has 0 aliphatic rings. The number of halogens is 2. The van der Waals surface area contributed by atoms with Gasteiger partial charge in [-0.1, -0.05) is 0 Å². The quantitative estimate of drug-likeness (QED) is 0.809. The summed E-state index contributed by atoms with van der Waals surface area (Å²) in [5.41, 5.74) is 0.0928. The topological polar surface area (TPSA) is 72.5 Å². The van der Waals surface area contributed by atoms with Crippen molar-refractivity contribution in [3.8, 4) is 0 Å². The summed E-state index contributed by atoms with van der Waals surface area (Å²) in [6.07, 6.45) is 0. The van der Waals surface area contributed by atoms with Gasteiger partial charge >= 0.3 is 5.97 Å². The second kappa shape index (κ2) is 6.12. The molecular weight excluding hydrogens is 385 g/mol. The van der Waals surface area contributed by atoms with E-state index in [0.29, 0.717) is 0 Å². The summed E-state index contributed by atoms with van der Waals surface area (Å²) in [4.78, 5) is 11.4. The number of methoxy groups -OCH3 is 1. The fourth-order valence-electron chi connectivity index (χ4n) is 1.49. The Bertz CT molecular complexity index is 788. The molecule has 21 heavy (non-hydrogen) atoms. The van der Waals surface area contributed by atoms with Crippen LogP contribution in [0.1, 0.15) is 9.67 Å². The number of ether oxygens (including phenoxy) is 1. The van der Waals surface area contributed by atoms with E-state index in [2.05, 4.69) is 25.4 Å². The van der Waals surface area contributed by atoms with Crippen molar-refractivity contribution in [1.82, 2.24) is 0 Å². The van der Waals surface area contributed by atoms with Gasteiger partial charge in [-0.3, -0.25) is 4.72 Å². The van der Waals surface area contributed by atoms with E-state index in [-0.39, 0.29) is 19.9 Å². The lowest BCUT2D eigenvalue weighted by Crippen LogP contribution is -2.15. The number of anilines is 1. The van der Waals surface area contributed by atoms with E-state index in [4.69, 9.17) is 0 Å². The molecule has 0 saturated carbocycles. The number of esters is 1. The molecule has 0 fully saturated rings. The van der Waals surface area contributed by atoms with Gasteiger partial charge in [-0.25, -0.2) is 17.6 Å². The first-order valence-corrected chi connectivity index (χ1v) is 8.64. The maximum Gasteiger partial charge on any atom is 0.350 e. The predicted molar refractivity (Wildman–Crippen MR) is 80.6 cm³/mol. The van der Waals surface area contributed by atoms with Crippen molar-refractivity contribution in [2.24, 2.45) is 0 Å². The van der Waals surface area contributed by atoms with E-state index >= 15 is 0 Å². The minimum Gasteiger partial charge on any atom is -0.465 e. The number of sulfonamides is 1. The second-order valence-electron chi connectivity index (χ2n) is 3.84. The van der Waals surface area contributed by atoms with E-state index in [9.17, 15) is 17.6 Å². The Morgan fingerprint density at radius 2 is 2.10 bits per heavy atom. The van der Waals surface area contributed by atoms with Crippen LogP contribution in [0.2, 0.25) is 0 Å². The van der Waals surface area contributed by atoms with Gasteiger partial charge in [0, 0.05) is 0 Å². The summed E-state index contributed by atoms with van der Waals surface area (Å²) in [7, 11) is -2.80. The lowest BCUT2D eigenvalue weighted by molar-refractivity contribution is 0.0607. The Labute approximate surface area is 132 Å². The molecule has 2 rings (SSSR count). The Hall–Kier alpha value is -1.45. The van der Waals surface area contributed by atoms with Crippen molar-refractivity contribution in [2.75, 3.05) is 11.8 Å². The second-order valence-corrected chi connectivity index (χ2v) is 7.29. The average molecular weight is 394 g/mol. The Morgan fingerprint density at radius 1 is 1.38 bits per heavy atom. The fourth-order valence-corrected chi connectivity index (χ4v) is 3.65. The first-order chi connectivity index (χ1) is 9.85. The first-order valence-electron chi connectivity index (χ1n) is 5.49. The average Bonchev–Trinajstić information content (AvgIpc) is 2.88. The maximum absolute atomic E-state index is 13.4. The highest BCUT2D eigenvalue weighted by atomic mass is 79.9. The van der Waals surface area contributed by atoms with Crippen LogP contribution < -0.4 is 4.72 Å². The molecule has 0 radical (unpaired) electrons. The predicted octanol–water partition coefficient (Wildman–Crippen LogP) is 3.24. The van der Waals surface area contributed by atoms with Crippen LogP contribution in [0.4, 0.5) is 10.1 Å². The fraction of sp³-hybridized carbons (Fsp3) is 0.0833. The van der Waals surface area contributed by atoms with E-state index in [1.807, 2.05) is 0 Å². The highest BCUT2D eigenvalue weighted by molar-refractivity contribution is 9.10. The van der Waals surface area contributed by atoms with Crippen molar-refractivity contribution in [1.29, 1.82) is 0 Å². The van der Waals surface area contributed by atoms with Gasteiger partial charge in [0.15, 0.2) is 0 Å². The SMILES string of the molecule is COC(=O)c1sccc1NS(=O)(=O)c1ccc(Br)c(F)c1. The molecule has 0 bridgehead atoms. The molecule has 112 valence electrons. The number of nitrogens with one attached hydrogen (secondary N) is 1. The van der Waals surface area contributed by atoms with Gasteiger partial charge in [0.05, 0.1) is 22.2 Å². The third-order valence-electron chi connectivity index (χ3n) is 2.48. The van der Waals surface area contributed by atoms with Crippen LogP contribution in [-0.2, 0) is 14.8 Å². The molecular formula is C12H9BrFNO4S2. The van der Waals surface area contributed by atoms with Crippen molar-refractivity contribution >= 4 is 48.9 Å². The van der Waals surface area contributed by atoms with Gasteiger partial charge in [-0.15, -0.1) is 11.3 Å².